The van der Waals surface area contributed by atoms with Gasteiger partial charge in [0.15, 0.2) is 0 Å². The second-order valence-electron chi connectivity index (χ2n) is 7.31. The number of rotatable bonds is 10. The van der Waals surface area contributed by atoms with Crippen molar-refractivity contribution in [2.45, 2.75) is 39.7 Å². The molecule has 1 aliphatic heterocycles. The van der Waals surface area contributed by atoms with E-state index in [0.717, 1.165) is 19.4 Å². The normalized spacial score (nSPS) is 18.2. The molecule has 6 heteroatoms. The summed E-state index contributed by atoms with van der Waals surface area (Å²) in [4.78, 5) is 30.9. The topological polar surface area (TPSA) is 53.1 Å². The number of carbonyl (C=O) groups excluding carboxylic acids is 2. The molecule has 0 spiro atoms. The number of hydrogen-bond donors (Lipinski definition) is 0. The lowest BCUT2D eigenvalue weighted by atomic mass is 10.1. The first-order valence-electron chi connectivity index (χ1n) is 10.5. The van der Waals surface area contributed by atoms with Crippen LogP contribution in [0.25, 0.3) is 0 Å². The van der Waals surface area contributed by atoms with Gasteiger partial charge in [0.25, 0.3) is 0 Å². The van der Waals surface area contributed by atoms with E-state index in [4.69, 9.17) is 4.74 Å². The number of likely N-dealkylation sites (N-methyl/N-ethyl adjacent to an activating group) is 1. The van der Waals surface area contributed by atoms with Crippen LogP contribution in [0.2, 0.25) is 0 Å². The van der Waals surface area contributed by atoms with Gasteiger partial charge in [0.2, 0.25) is 11.8 Å². The van der Waals surface area contributed by atoms with E-state index in [1.165, 1.54) is 5.56 Å². The molecule has 1 aliphatic rings. The molecule has 1 fully saturated rings. The SMILES string of the molecule is CCCN1CC(=O)N(CCc2ccccc2)CC(OCC(=O)N(CC)CC)C1. The minimum absolute atomic E-state index is 0.0125. The van der Waals surface area contributed by atoms with E-state index >= 15 is 0 Å². The maximum Gasteiger partial charge on any atom is 0.248 e. The Balaban J connectivity index is 1.98. The highest BCUT2D eigenvalue weighted by Crippen LogP contribution is 2.11. The summed E-state index contributed by atoms with van der Waals surface area (Å²) in [5.41, 5.74) is 1.22. The third-order valence-corrected chi connectivity index (χ3v) is 5.21. The van der Waals surface area contributed by atoms with E-state index in [9.17, 15) is 9.59 Å². The van der Waals surface area contributed by atoms with E-state index in [1.807, 2.05) is 36.9 Å². The van der Waals surface area contributed by atoms with Crippen molar-refractivity contribution in [2.24, 2.45) is 0 Å². The van der Waals surface area contributed by atoms with E-state index < -0.39 is 0 Å². The van der Waals surface area contributed by atoms with Crippen molar-refractivity contribution in [3.63, 3.8) is 0 Å². The average molecular weight is 390 g/mol. The van der Waals surface area contributed by atoms with Crippen LogP contribution in [0.3, 0.4) is 0 Å². The maximum atomic E-state index is 12.8. The van der Waals surface area contributed by atoms with Gasteiger partial charge in [0, 0.05) is 32.7 Å². The Hall–Kier alpha value is -1.92. The van der Waals surface area contributed by atoms with Crippen LogP contribution in [-0.2, 0) is 20.7 Å². The molecule has 0 bridgehead atoms. The van der Waals surface area contributed by atoms with Crippen LogP contribution >= 0.6 is 0 Å². The first kappa shape index (κ1) is 22.4. The van der Waals surface area contributed by atoms with Crippen molar-refractivity contribution in [3.05, 3.63) is 35.9 Å². The molecule has 0 radical (unpaired) electrons. The van der Waals surface area contributed by atoms with Gasteiger partial charge in [-0.15, -0.1) is 0 Å². The third kappa shape index (κ3) is 6.91. The summed E-state index contributed by atoms with van der Waals surface area (Å²) >= 11 is 0. The summed E-state index contributed by atoms with van der Waals surface area (Å²) in [6.07, 6.45) is 1.67. The van der Waals surface area contributed by atoms with Gasteiger partial charge in [-0.3, -0.25) is 14.5 Å². The monoisotopic (exact) mass is 389 g/mol. The van der Waals surface area contributed by atoms with Crippen molar-refractivity contribution >= 4 is 11.8 Å². The van der Waals surface area contributed by atoms with Gasteiger partial charge in [-0.05, 0) is 38.8 Å². The smallest absolute Gasteiger partial charge is 0.248 e. The van der Waals surface area contributed by atoms with E-state index in [-0.39, 0.29) is 24.5 Å². The summed E-state index contributed by atoms with van der Waals surface area (Å²) in [6.45, 7) is 10.7. The number of nitrogens with zero attached hydrogens (tertiary/aromatic N) is 3. The fraction of sp³-hybridized carbons (Fsp3) is 0.636. The van der Waals surface area contributed by atoms with E-state index in [0.29, 0.717) is 39.3 Å². The van der Waals surface area contributed by atoms with Gasteiger partial charge >= 0.3 is 0 Å². The van der Waals surface area contributed by atoms with Gasteiger partial charge in [-0.1, -0.05) is 37.3 Å². The van der Waals surface area contributed by atoms with Gasteiger partial charge in [0.05, 0.1) is 12.6 Å². The molecule has 2 rings (SSSR count). The number of benzene rings is 1. The minimum atomic E-state index is -0.145. The summed E-state index contributed by atoms with van der Waals surface area (Å²) < 4.78 is 5.99. The van der Waals surface area contributed by atoms with E-state index in [1.54, 1.807) is 4.90 Å². The Morgan fingerprint density at radius 3 is 2.46 bits per heavy atom. The molecule has 0 aromatic heterocycles. The van der Waals surface area contributed by atoms with Gasteiger partial charge < -0.3 is 14.5 Å². The number of amides is 2. The molecule has 1 heterocycles. The highest BCUT2D eigenvalue weighted by Gasteiger charge is 2.28. The highest BCUT2D eigenvalue weighted by molar-refractivity contribution is 5.79. The van der Waals surface area contributed by atoms with Crippen molar-refractivity contribution < 1.29 is 14.3 Å². The van der Waals surface area contributed by atoms with Crippen LogP contribution in [0, 0.1) is 0 Å². The predicted octanol–water partition coefficient (Wildman–Crippen LogP) is 2.04. The van der Waals surface area contributed by atoms with Crippen molar-refractivity contribution in [1.82, 2.24) is 14.7 Å². The first-order valence-corrected chi connectivity index (χ1v) is 10.5. The Morgan fingerprint density at radius 1 is 1.11 bits per heavy atom. The molecular weight excluding hydrogens is 354 g/mol. The summed E-state index contributed by atoms with van der Waals surface area (Å²) in [5, 5.41) is 0. The summed E-state index contributed by atoms with van der Waals surface area (Å²) in [6, 6.07) is 10.2. The first-order chi connectivity index (χ1) is 13.6. The van der Waals surface area contributed by atoms with Crippen molar-refractivity contribution in [3.8, 4) is 0 Å². The van der Waals surface area contributed by atoms with Crippen LogP contribution in [0.5, 0.6) is 0 Å². The Kier molecular flexibility index (Phi) is 9.44. The molecular formula is C22H35N3O3. The average Bonchev–Trinajstić information content (AvgIpc) is 2.85. The molecule has 0 N–H and O–H groups in total. The largest absolute Gasteiger partial charge is 0.365 e. The molecule has 6 nitrogen and oxygen atoms in total. The predicted molar refractivity (Wildman–Crippen MR) is 111 cm³/mol. The zero-order valence-electron chi connectivity index (χ0n) is 17.6. The summed E-state index contributed by atoms with van der Waals surface area (Å²) in [7, 11) is 0. The number of hydrogen-bond acceptors (Lipinski definition) is 4. The molecule has 1 aromatic rings. The van der Waals surface area contributed by atoms with Gasteiger partial charge in [0.1, 0.15) is 6.61 Å². The molecule has 1 unspecified atom stereocenters. The van der Waals surface area contributed by atoms with Crippen molar-refractivity contribution in [1.29, 1.82) is 0 Å². The fourth-order valence-corrected chi connectivity index (χ4v) is 3.62. The van der Waals surface area contributed by atoms with Gasteiger partial charge in [-0.25, -0.2) is 0 Å². The molecule has 0 aliphatic carbocycles. The Morgan fingerprint density at radius 2 is 1.82 bits per heavy atom. The number of carbonyl (C=O) groups is 2. The molecule has 2 amide bonds. The Bertz CT molecular complexity index is 604. The minimum Gasteiger partial charge on any atom is -0.365 e. The molecule has 1 saturated heterocycles. The zero-order chi connectivity index (χ0) is 20.4. The molecule has 1 atom stereocenters. The second-order valence-corrected chi connectivity index (χ2v) is 7.31. The molecule has 28 heavy (non-hydrogen) atoms. The third-order valence-electron chi connectivity index (χ3n) is 5.21. The quantitative estimate of drug-likeness (QED) is 0.615. The molecule has 156 valence electrons. The van der Waals surface area contributed by atoms with Crippen LogP contribution in [0.15, 0.2) is 30.3 Å². The lowest BCUT2D eigenvalue weighted by Gasteiger charge is -2.26. The second kappa shape index (κ2) is 11.8. The fourth-order valence-electron chi connectivity index (χ4n) is 3.62. The lowest BCUT2D eigenvalue weighted by molar-refractivity contribution is -0.138. The van der Waals surface area contributed by atoms with Crippen LogP contribution in [-0.4, -0.2) is 85.0 Å². The van der Waals surface area contributed by atoms with Crippen LogP contribution in [0.4, 0.5) is 0 Å². The highest BCUT2D eigenvalue weighted by atomic mass is 16.5. The molecule has 0 saturated carbocycles. The Labute approximate surface area is 169 Å². The standard InChI is InChI=1S/C22H35N3O3/c1-4-13-23-15-20(28-18-22(27)24(5-2)6-3)16-25(21(26)17-23)14-12-19-10-8-7-9-11-19/h7-11,20H,4-6,12-18H2,1-3H3. The maximum absolute atomic E-state index is 12.8. The number of ether oxygens (including phenoxy) is 1. The van der Waals surface area contributed by atoms with Crippen LogP contribution in [0.1, 0.15) is 32.8 Å². The van der Waals surface area contributed by atoms with E-state index in [2.05, 4.69) is 24.0 Å². The summed E-state index contributed by atoms with van der Waals surface area (Å²) in [5.74, 6) is 0.156. The van der Waals surface area contributed by atoms with Crippen LogP contribution < -0.4 is 0 Å². The van der Waals surface area contributed by atoms with Crippen molar-refractivity contribution in [2.75, 3.05) is 52.4 Å². The lowest BCUT2D eigenvalue weighted by Crippen LogP contribution is -2.41. The van der Waals surface area contributed by atoms with Gasteiger partial charge in [-0.2, -0.15) is 0 Å². The zero-order valence-corrected chi connectivity index (χ0v) is 17.6. The molecule has 1 aromatic carbocycles.